The van der Waals surface area contributed by atoms with E-state index in [1.165, 1.54) is 0 Å². The number of carbonyl (C=O) groups is 1. The van der Waals surface area contributed by atoms with E-state index in [-0.39, 0.29) is 17.9 Å². The Morgan fingerprint density at radius 1 is 1.17 bits per heavy atom. The second-order valence-electron chi connectivity index (χ2n) is 8.13. The van der Waals surface area contributed by atoms with Gasteiger partial charge in [-0.1, -0.05) is 29.8 Å². The number of anilines is 1. The first kappa shape index (κ1) is 20.8. The highest BCUT2D eigenvalue weighted by Gasteiger charge is 2.31. The molecule has 1 saturated heterocycles. The van der Waals surface area contributed by atoms with Gasteiger partial charge in [0.2, 0.25) is 15.9 Å². The second kappa shape index (κ2) is 8.35. The molecule has 1 aliphatic heterocycles. The molecule has 1 unspecified atom stereocenters. The van der Waals surface area contributed by atoms with Crippen molar-refractivity contribution in [2.24, 2.45) is 5.92 Å². The number of nitrogens with one attached hydrogen (secondary N) is 1. The maximum Gasteiger partial charge on any atom is 0.243 e. The van der Waals surface area contributed by atoms with E-state index >= 15 is 0 Å². The van der Waals surface area contributed by atoms with Gasteiger partial charge < -0.3 is 9.84 Å². The molecule has 1 N–H and O–H groups in total. The summed E-state index contributed by atoms with van der Waals surface area (Å²) in [4.78, 5) is 12.4. The summed E-state index contributed by atoms with van der Waals surface area (Å²) in [7, 11) is -3.48. The van der Waals surface area contributed by atoms with Gasteiger partial charge >= 0.3 is 0 Å². The van der Waals surface area contributed by atoms with Crippen molar-refractivity contribution in [3.8, 4) is 0 Å². The molecule has 0 bridgehead atoms. The quantitative estimate of drug-likeness (QED) is 0.747. The molecule has 1 saturated carbocycles. The Bertz CT molecular complexity index is 1050. The highest BCUT2D eigenvalue weighted by molar-refractivity contribution is 7.89. The van der Waals surface area contributed by atoms with Crippen LogP contribution in [0.5, 0.6) is 0 Å². The summed E-state index contributed by atoms with van der Waals surface area (Å²) in [5, 5.41) is 6.84. The molecule has 2 heterocycles. The predicted octanol–water partition coefficient (Wildman–Crippen LogP) is 4.07. The van der Waals surface area contributed by atoms with Crippen LogP contribution in [-0.4, -0.2) is 36.4 Å². The molecule has 1 amide bonds. The maximum absolute atomic E-state index is 12.9. The molecule has 2 aliphatic rings. The Morgan fingerprint density at radius 3 is 2.57 bits per heavy atom. The minimum absolute atomic E-state index is 0.00236. The number of nitrogens with zero attached hydrogens (tertiary/aromatic N) is 2. The number of hydrogen-bond acceptors (Lipinski definition) is 5. The van der Waals surface area contributed by atoms with Crippen molar-refractivity contribution in [1.82, 2.24) is 9.46 Å². The van der Waals surface area contributed by atoms with Crippen LogP contribution in [0.3, 0.4) is 0 Å². The number of carbonyl (C=O) groups excluding carboxylic acids is 1. The van der Waals surface area contributed by atoms with Crippen LogP contribution in [0.1, 0.15) is 56.0 Å². The fourth-order valence-corrected chi connectivity index (χ4v) is 5.41. The van der Waals surface area contributed by atoms with Gasteiger partial charge in [0.05, 0.1) is 4.90 Å². The van der Waals surface area contributed by atoms with Gasteiger partial charge in [0, 0.05) is 18.5 Å². The first-order chi connectivity index (χ1) is 14.4. The van der Waals surface area contributed by atoms with Gasteiger partial charge in [-0.05, 0) is 63.3 Å². The molecule has 8 heteroatoms. The Morgan fingerprint density at radius 2 is 1.90 bits per heavy atom. The Kier molecular flexibility index (Phi) is 5.79. The Hall–Kier alpha value is -2.45. The second-order valence-corrected chi connectivity index (χ2v) is 10.0. The average molecular weight is 430 g/mol. The van der Waals surface area contributed by atoms with Gasteiger partial charge in [0.1, 0.15) is 11.4 Å². The number of sulfonamides is 1. The molecular formula is C22H27N3O4S. The van der Waals surface area contributed by atoms with Crippen molar-refractivity contribution in [2.45, 2.75) is 56.9 Å². The Labute approximate surface area is 177 Å². The van der Waals surface area contributed by atoms with E-state index in [2.05, 4.69) is 10.5 Å². The third kappa shape index (κ3) is 4.34. The van der Waals surface area contributed by atoms with Gasteiger partial charge in [-0.2, -0.15) is 4.31 Å². The summed E-state index contributed by atoms with van der Waals surface area (Å²) in [5.41, 5.74) is 2.04. The maximum atomic E-state index is 12.9. The summed E-state index contributed by atoms with van der Waals surface area (Å²) in [6, 6.07) is 6.84. The van der Waals surface area contributed by atoms with E-state index in [9.17, 15) is 13.2 Å². The molecule has 0 radical (unpaired) electrons. The number of rotatable bonds is 6. The third-order valence-corrected chi connectivity index (χ3v) is 7.77. The van der Waals surface area contributed by atoms with E-state index in [0.29, 0.717) is 28.6 Å². The van der Waals surface area contributed by atoms with Gasteiger partial charge in [-0.3, -0.25) is 4.79 Å². The van der Waals surface area contributed by atoms with Crippen LogP contribution >= 0.6 is 0 Å². The van der Waals surface area contributed by atoms with E-state index in [4.69, 9.17) is 4.52 Å². The fraction of sp³-hybridized carbons (Fsp3) is 0.455. The summed E-state index contributed by atoms with van der Waals surface area (Å²) in [6.45, 7) is 4.32. The highest BCUT2D eigenvalue weighted by Crippen LogP contribution is 2.32. The molecule has 2 fully saturated rings. The predicted molar refractivity (Wildman–Crippen MR) is 115 cm³/mol. The lowest BCUT2D eigenvalue weighted by atomic mass is 10.1. The van der Waals surface area contributed by atoms with Crippen molar-refractivity contribution in [2.75, 3.05) is 11.9 Å². The highest BCUT2D eigenvalue weighted by atomic mass is 32.2. The fourth-order valence-electron chi connectivity index (χ4n) is 3.71. The molecule has 7 nitrogen and oxygen atoms in total. The molecule has 1 aromatic carbocycles. The molecule has 160 valence electrons. The largest absolute Gasteiger partial charge is 0.354 e. The van der Waals surface area contributed by atoms with Crippen molar-refractivity contribution in [3.63, 3.8) is 0 Å². The van der Waals surface area contributed by atoms with Crippen LogP contribution < -0.4 is 5.32 Å². The lowest BCUT2D eigenvalue weighted by Gasteiger charge is -2.32. The molecule has 1 atom stereocenters. The number of hydrogen-bond donors (Lipinski definition) is 1. The van der Waals surface area contributed by atoms with Gasteiger partial charge in [-0.15, -0.1) is 0 Å². The normalized spacial score (nSPS) is 20.5. The first-order valence-corrected chi connectivity index (χ1v) is 11.9. The number of amides is 1. The summed E-state index contributed by atoms with van der Waals surface area (Å²) >= 11 is 0. The Balaban J connectivity index is 1.49. The van der Waals surface area contributed by atoms with Crippen LogP contribution in [0.25, 0.3) is 12.2 Å². The molecule has 1 aromatic heterocycles. The van der Waals surface area contributed by atoms with Gasteiger partial charge in [0.25, 0.3) is 0 Å². The van der Waals surface area contributed by atoms with E-state index in [1.807, 2.05) is 13.0 Å². The minimum atomic E-state index is -3.48. The minimum Gasteiger partial charge on any atom is -0.354 e. The number of benzene rings is 1. The summed E-state index contributed by atoms with van der Waals surface area (Å²) in [6.07, 6.45) is 8.27. The van der Waals surface area contributed by atoms with Crippen molar-refractivity contribution >= 4 is 33.8 Å². The van der Waals surface area contributed by atoms with Crippen LogP contribution in [0.4, 0.5) is 5.69 Å². The topological polar surface area (TPSA) is 92.5 Å². The van der Waals surface area contributed by atoms with Crippen LogP contribution in [0, 0.1) is 12.8 Å². The summed E-state index contributed by atoms with van der Waals surface area (Å²) in [5.74, 6) is 0.561. The summed E-state index contributed by atoms with van der Waals surface area (Å²) < 4.78 is 32.8. The lowest BCUT2D eigenvalue weighted by Crippen LogP contribution is -2.41. The number of piperidine rings is 1. The molecule has 1 aliphatic carbocycles. The zero-order chi connectivity index (χ0) is 21.3. The SMILES string of the molecule is Cc1noc(C=Cc2ccc(S(=O)(=O)N3CCCCC3C)cc2)c1NC(=O)C1CC1. The zero-order valence-corrected chi connectivity index (χ0v) is 18.1. The van der Waals surface area contributed by atoms with Gasteiger partial charge in [-0.25, -0.2) is 8.42 Å². The van der Waals surface area contributed by atoms with Crippen LogP contribution in [0.2, 0.25) is 0 Å². The zero-order valence-electron chi connectivity index (χ0n) is 17.3. The van der Waals surface area contributed by atoms with Crippen molar-refractivity contribution in [1.29, 1.82) is 0 Å². The first-order valence-electron chi connectivity index (χ1n) is 10.4. The smallest absolute Gasteiger partial charge is 0.243 e. The average Bonchev–Trinajstić information content (AvgIpc) is 3.53. The van der Waals surface area contributed by atoms with E-state index in [1.54, 1.807) is 41.6 Å². The molecule has 4 rings (SSSR count). The van der Waals surface area contributed by atoms with Crippen LogP contribution in [-0.2, 0) is 14.8 Å². The molecule has 0 spiro atoms. The standard InChI is InChI=1S/C22H27N3O4S/c1-15-5-3-4-14-25(15)30(27,28)19-11-6-17(7-12-19)8-13-20-21(16(2)24-29-20)23-22(26)18-9-10-18/h6-8,11-13,15,18H,3-5,9-10,14H2,1-2H3,(H,23,26). The van der Waals surface area contributed by atoms with Crippen molar-refractivity contribution < 1.29 is 17.7 Å². The monoisotopic (exact) mass is 429 g/mol. The van der Waals surface area contributed by atoms with Gasteiger partial charge in [0.15, 0.2) is 5.76 Å². The molecular weight excluding hydrogens is 402 g/mol. The third-order valence-electron chi connectivity index (χ3n) is 5.74. The van der Waals surface area contributed by atoms with Crippen molar-refractivity contribution in [3.05, 3.63) is 41.3 Å². The van der Waals surface area contributed by atoms with E-state index in [0.717, 1.165) is 37.7 Å². The van der Waals surface area contributed by atoms with E-state index < -0.39 is 10.0 Å². The lowest BCUT2D eigenvalue weighted by molar-refractivity contribution is -0.117. The van der Waals surface area contributed by atoms with Crippen LogP contribution in [0.15, 0.2) is 33.7 Å². The molecule has 30 heavy (non-hydrogen) atoms. The number of aryl methyl sites for hydroxylation is 1. The number of aromatic nitrogens is 1. The molecule has 2 aromatic rings.